The van der Waals surface area contributed by atoms with Crippen molar-refractivity contribution in [3.63, 3.8) is 0 Å². The fourth-order valence-corrected chi connectivity index (χ4v) is 4.71. The summed E-state index contributed by atoms with van der Waals surface area (Å²) in [5.41, 5.74) is 3.95. The molecule has 3 N–H and O–H groups in total. The molecule has 1 saturated carbocycles. The second-order valence-electron chi connectivity index (χ2n) is 7.24. The number of hydrogen-bond donors (Lipinski definition) is 3. The predicted octanol–water partition coefficient (Wildman–Crippen LogP) is 5.45. The molecule has 30 heavy (non-hydrogen) atoms. The Morgan fingerprint density at radius 1 is 1.07 bits per heavy atom. The first kappa shape index (κ1) is 20.4. The van der Waals surface area contributed by atoms with Crippen LogP contribution in [0.15, 0.2) is 57.1 Å². The molecule has 3 aromatic rings. The van der Waals surface area contributed by atoms with E-state index < -0.39 is 0 Å². The van der Waals surface area contributed by atoms with Gasteiger partial charge in [0.25, 0.3) is 5.91 Å². The molecule has 1 aliphatic rings. The molecule has 2 aromatic carbocycles. The number of thiazole rings is 1. The minimum Gasteiger partial charge on any atom is -0.335 e. The molecule has 1 aromatic heterocycles. The number of aromatic nitrogens is 1. The molecule has 1 aliphatic carbocycles. The van der Waals surface area contributed by atoms with Crippen LogP contribution >= 0.6 is 23.1 Å². The topological polar surface area (TPSA) is 83.1 Å². The Morgan fingerprint density at radius 3 is 2.47 bits per heavy atom. The van der Waals surface area contributed by atoms with Crippen molar-refractivity contribution in [2.75, 3.05) is 10.6 Å². The third-order valence-corrected chi connectivity index (χ3v) is 6.61. The fourth-order valence-electron chi connectivity index (χ4n) is 2.80. The van der Waals surface area contributed by atoms with Crippen molar-refractivity contribution in [3.8, 4) is 0 Å². The smallest absolute Gasteiger partial charge is 0.319 e. The summed E-state index contributed by atoms with van der Waals surface area (Å²) in [5, 5.41) is 10.6. The highest BCUT2D eigenvalue weighted by molar-refractivity contribution is 8.01. The summed E-state index contributed by atoms with van der Waals surface area (Å²) in [6.45, 7) is 3.95. The first-order valence-electron chi connectivity index (χ1n) is 9.66. The van der Waals surface area contributed by atoms with Crippen molar-refractivity contribution >= 4 is 46.4 Å². The molecule has 0 unspecified atom stereocenters. The molecule has 0 saturated heterocycles. The number of anilines is 2. The summed E-state index contributed by atoms with van der Waals surface area (Å²) in [4.78, 5) is 30.0. The van der Waals surface area contributed by atoms with Crippen molar-refractivity contribution < 1.29 is 9.59 Å². The van der Waals surface area contributed by atoms with E-state index >= 15 is 0 Å². The molecule has 6 nitrogen and oxygen atoms in total. The van der Waals surface area contributed by atoms with Gasteiger partial charge in [-0.1, -0.05) is 11.8 Å². The second-order valence-corrected chi connectivity index (χ2v) is 9.42. The molecular weight excluding hydrogens is 416 g/mol. The number of benzene rings is 2. The van der Waals surface area contributed by atoms with E-state index in [1.807, 2.05) is 37.4 Å². The van der Waals surface area contributed by atoms with Crippen molar-refractivity contribution in [2.24, 2.45) is 0 Å². The summed E-state index contributed by atoms with van der Waals surface area (Å²) in [6, 6.07) is 12.9. The third kappa shape index (κ3) is 5.40. The van der Waals surface area contributed by atoms with Crippen LogP contribution in [-0.4, -0.2) is 23.0 Å². The lowest BCUT2D eigenvalue weighted by Gasteiger charge is -2.11. The highest BCUT2D eigenvalue weighted by Gasteiger charge is 2.23. The number of nitrogens with zero attached hydrogens (tertiary/aromatic N) is 1. The number of carbonyl (C=O) groups excluding carboxylic acids is 2. The molecule has 8 heteroatoms. The molecule has 3 amide bonds. The van der Waals surface area contributed by atoms with E-state index in [1.165, 1.54) is 0 Å². The summed E-state index contributed by atoms with van der Waals surface area (Å²) < 4.78 is 1.00. The maximum atomic E-state index is 12.6. The lowest BCUT2D eigenvalue weighted by molar-refractivity contribution is 0.102. The van der Waals surface area contributed by atoms with Gasteiger partial charge in [0, 0.05) is 38.9 Å². The van der Waals surface area contributed by atoms with Crippen LogP contribution in [0.1, 0.15) is 34.5 Å². The van der Waals surface area contributed by atoms with Crippen LogP contribution in [0.4, 0.5) is 16.2 Å². The van der Waals surface area contributed by atoms with Gasteiger partial charge in [0.05, 0.1) is 0 Å². The van der Waals surface area contributed by atoms with Crippen LogP contribution in [0.3, 0.4) is 0 Å². The monoisotopic (exact) mass is 438 g/mol. The highest BCUT2D eigenvalue weighted by Crippen LogP contribution is 2.32. The SMILES string of the molecule is Cc1csc(Sc2ccc(NC(=O)c3ccc(NC(=O)NC4CC4)cc3)c(C)c2)n1. The van der Waals surface area contributed by atoms with Crippen LogP contribution in [0, 0.1) is 13.8 Å². The van der Waals surface area contributed by atoms with Gasteiger partial charge in [0.2, 0.25) is 0 Å². The Balaban J connectivity index is 1.36. The summed E-state index contributed by atoms with van der Waals surface area (Å²) in [6.07, 6.45) is 2.08. The molecule has 0 radical (unpaired) electrons. The van der Waals surface area contributed by atoms with Gasteiger partial charge >= 0.3 is 6.03 Å². The maximum absolute atomic E-state index is 12.6. The van der Waals surface area contributed by atoms with E-state index in [4.69, 9.17) is 0 Å². The Morgan fingerprint density at radius 2 is 1.83 bits per heavy atom. The van der Waals surface area contributed by atoms with Gasteiger partial charge in [0.1, 0.15) is 0 Å². The molecule has 0 aliphatic heterocycles. The van der Waals surface area contributed by atoms with Gasteiger partial charge in [-0.2, -0.15) is 0 Å². The third-order valence-electron chi connectivity index (χ3n) is 4.57. The number of hydrogen-bond acceptors (Lipinski definition) is 5. The Hall–Kier alpha value is -2.84. The van der Waals surface area contributed by atoms with Gasteiger partial charge < -0.3 is 16.0 Å². The first-order valence-corrected chi connectivity index (χ1v) is 11.4. The molecule has 154 valence electrons. The standard InChI is InChI=1S/C22H22N4O2S2/c1-13-11-18(30-22-23-14(2)12-29-22)9-10-19(13)26-20(27)15-3-5-16(6-4-15)24-21(28)25-17-7-8-17/h3-6,9-12,17H,7-8H2,1-2H3,(H,26,27)(H2,24,25,28). The van der Waals surface area contributed by atoms with Gasteiger partial charge in [-0.05, 0) is 74.7 Å². The van der Waals surface area contributed by atoms with Crippen LogP contribution in [0.25, 0.3) is 0 Å². The number of aryl methyl sites for hydroxylation is 2. The molecule has 0 atom stereocenters. The van der Waals surface area contributed by atoms with Crippen molar-refractivity contribution in [1.82, 2.24) is 10.3 Å². The molecule has 0 spiro atoms. The van der Waals surface area contributed by atoms with Crippen LogP contribution in [-0.2, 0) is 0 Å². The van der Waals surface area contributed by atoms with E-state index in [9.17, 15) is 9.59 Å². The number of urea groups is 1. The Kier molecular flexibility index (Phi) is 6.06. The highest BCUT2D eigenvalue weighted by atomic mass is 32.2. The summed E-state index contributed by atoms with van der Waals surface area (Å²) in [7, 11) is 0. The number of carbonyl (C=O) groups is 2. The molecular formula is C22H22N4O2S2. The van der Waals surface area contributed by atoms with E-state index in [1.54, 1.807) is 47.4 Å². The number of amides is 3. The summed E-state index contributed by atoms with van der Waals surface area (Å²) in [5.74, 6) is -0.192. The minimum atomic E-state index is -0.212. The van der Waals surface area contributed by atoms with Gasteiger partial charge in [-0.15, -0.1) is 11.3 Å². The van der Waals surface area contributed by atoms with Crippen LogP contribution in [0.5, 0.6) is 0 Å². The second kappa shape index (κ2) is 8.89. The lowest BCUT2D eigenvalue weighted by atomic mass is 10.1. The molecule has 1 heterocycles. The Bertz CT molecular complexity index is 1070. The van der Waals surface area contributed by atoms with Gasteiger partial charge in [0.15, 0.2) is 4.34 Å². The van der Waals surface area contributed by atoms with Crippen molar-refractivity contribution in [3.05, 3.63) is 64.7 Å². The fraction of sp³-hybridized carbons (Fsp3) is 0.227. The number of nitrogens with one attached hydrogen (secondary N) is 3. The van der Waals surface area contributed by atoms with Crippen molar-refractivity contribution in [1.29, 1.82) is 0 Å². The lowest BCUT2D eigenvalue weighted by Crippen LogP contribution is -2.30. The van der Waals surface area contributed by atoms with E-state index in [0.717, 1.165) is 39.0 Å². The average Bonchev–Trinajstić information content (AvgIpc) is 3.43. The first-order chi connectivity index (χ1) is 14.5. The zero-order valence-corrected chi connectivity index (χ0v) is 18.3. The van der Waals surface area contributed by atoms with Crippen molar-refractivity contribution in [2.45, 2.75) is 42.0 Å². The van der Waals surface area contributed by atoms with E-state index in [0.29, 0.717) is 17.3 Å². The minimum absolute atomic E-state index is 0.192. The molecule has 0 bridgehead atoms. The quantitative estimate of drug-likeness (QED) is 0.478. The normalized spacial score (nSPS) is 13.0. The summed E-state index contributed by atoms with van der Waals surface area (Å²) >= 11 is 3.24. The van der Waals surface area contributed by atoms with Gasteiger partial charge in [-0.3, -0.25) is 4.79 Å². The van der Waals surface area contributed by atoms with Gasteiger partial charge in [-0.25, -0.2) is 9.78 Å². The average molecular weight is 439 g/mol. The van der Waals surface area contributed by atoms with Crippen LogP contribution < -0.4 is 16.0 Å². The predicted molar refractivity (Wildman–Crippen MR) is 122 cm³/mol. The van der Waals surface area contributed by atoms with Crippen LogP contribution in [0.2, 0.25) is 0 Å². The van der Waals surface area contributed by atoms with E-state index in [2.05, 4.69) is 20.9 Å². The Labute approximate surface area is 183 Å². The zero-order chi connectivity index (χ0) is 21.1. The molecule has 4 rings (SSSR count). The number of rotatable bonds is 6. The largest absolute Gasteiger partial charge is 0.335 e. The molecule has 1 fully saturated rings. The maximum Gasteiger partial charge on any atom is 0.319 e. The zero-order valence-electron chi connectivity index (χ0n) is 16.7. The van der Waals surface area contributed by atoms with E-state index in [-0.39, 0.29) is 11.9 Å².